The van der Waals surface area contributed by atoms with Gasteiger partial charge in [0.2, 0.25) is 5.95 Å². The third-order valence-electron chi connectivity index (χ3n) is 5.02. The smallest absolute Gasteiger partial charge is 0.326 e. The van der Waals surface area contributed by atoms with Gasteiger partial charge in [-0.25, -0.2) is 14.8 Å². The first-order chi connectivity index (χ1) is 16.0. The zero-order valence-corrected chi connectivity index (χ0v) is 18.5. The summed E-state index contributed by atoms with van der Waals surface area (Å²) in [7, 11) is 1.84. The second-order valence-electron chi connectivity index (χ2n) is 7.65. The maximum atomic E-state index is 12.5. The number of rotatable bonds is 9. The van der Waals surface area contributed by atoms with Crippen LogP contribution in [-0.2, 0) is 16.1 Å². The van der Waals surface area contributed by atoms with Gasteiger partial charge in [0, 0.05) is 24.7 Å². The number of amides is 1. The van der Waals surface area contributed by atoms with Crippen LogP contribution in [0.5, 0.6) is 0 Å². The van der Waals surface area contributed by atoms with E-state index in [9.17, 15) is 19.5 Å². The first-order valence-electron chi connectivity index (χ1n) is 10.2. The fourth-order valence-corrected chi connectivity index (χ4v) is 3.38. The molecule has 0 bridgehead atoms. The molecule has 7 N–H and O–H groups in total. The number of carboxylic acid groups (broad SMARTS) is 2. The van der Waals surface area contributed by atoms with Crippen molar-refractivity contribution in [2.75, 3.05) is 23.4 Å². The van der Waals surface area contributed by atoms with Crippen LogP contribution in [0.15, 0.2) is 24.4 Å². The molecule has 0 fully saturated rings. The number of carbonyl (C=O) groups excluding carboxylic acids is 1. The molecule has 0 radical (unpaired) electrons. The molecule has 2 aromatic heterocycles. The SMILES string of the molecule is Cc1cc(C(=O)N[C@@H](CCC(=O)O)C(=O)O)ccc1N(C)Cc1cnc2nc(N)nc(N)c2n1. The largest absolute Gasteiger partial charge is 0.481 e. The van der Waals surface area contributed by atoms with Crippen molar-refractivity contribution in [1.29, 1.82) is 0 Å². The second-order valence-corrected chi connectivity index (χ2v) is 7.65. The van der Waals surface area contributed by atoms with Crippen molar-refractivity contribution in [3.63, 3.8) is 0 Å². The molecule has 2 heterocycles. The van der Waals surface area contributed by atoms with Gasteiger partial charge in [-0.05, 0) is 37.1 Å². The normalized spacial score (nSPS) is 11.7. The van der Waals surface area contributed by atoms with Gasteiger partial charge in [-0.2, -0.15) is 9.97 Å². The number of aryl methyl sites for hydroxylation is 1. The molecule has 1 aromatic carbocycles. The predicted octanol–water partition coefficient (Wildman–Crippen LogP) is 0.577. The quantitative estimate of drug-likeness (QED) is 0.292. The highest BCUT2D eigenvalue weighted by Crippen LogP contribution is 2.23. The molecule has 1 atom stereocenters. The summed E-state index contributed by atoms with van der Waals surface area (Å²) < 4.78 is 0. The molecule has 13 nitrogen and oxygen atoms in total. The van der Waals surface area contributed by atoms with Crippen molar-refractivity contribution in [1.82, 2.24) is 25.3 Å². The number of fused-ring (bicyclic) bond motifs is 1. The summed E-state index contributed by atoms with van der Waals surface area (Å²) in [5.41, 5.74) is 14.5. The molecule has 0 saturated heterocycles. The molecule has 0 spiro atoms. The van der Waals surface area contributed by atoms with Gasteiger partial charge in [-0.15, -0.1) is 0 Å². The number of hydrogen-bond acceptors (Lipinski definition) is 10. The fourth-order valence-electron chi connectivity index (χ4n) is 3.38. The summed E-state index contributed by atoms with van der Waals surface area (Å²) >= 11 is 0. The van der Waals surface area contributed by atoms with E-state index in [0.29, 0.717) is 23.4 Å². The van der Waals surface area contributed by atoms with Crippen LogP contribution in [0, 0.1) is 6.92 Å². The van der Waals surface area contributed by atoms with E-state index in [-0.39, 0.29) is 30.2 Å². The number of nitrogen functional groups attached to an aromatic ring is 2. The number of carboxylic acids is 2. The van der Waals surface area contributed by atoms with Crippen molar-refractivity contribution in [2.24, 2.45) is 0 Å². The van der Waals surface area contributed by atoms with E-state index in [1.807, 2.05) is 18.9 Å². The lowest BCUT2D eigenvalue weighted by molar-refractivity contribution is -0.140. The summed E-state index contributed by atoms with van der Waals surface area (Å²) in [5, 5.41) is 20.4. The highest BCUT2D eigenvalue weighted by Gasteiger charge is 2.22. The van der Waals surface area contributed by atoms with Crippen LogP contribution >= 0.6 is 0 Å². The van der Waals surface area contributed by atoms with Gasteiger partial charge in [0.25, 0.3) is 5.91 Å². The number of aliphatic carboxylic acids is 2. The Morgan fingerprint density at radius 1 is 1.15 bits per heavy atom. The number of benzene rings is 1. The van der Waals surface area contributed by atoms with Crippen molar-refractivity contribution in [3.05, 3.63) is 41.2 Å². The minimum atomic E-state index is -1.30. The average molecular weight is 468 g/mol. The molecule has 3 rings (SSSR count). The topological polar surface area (TPSA) is 211 Å². The maximum Gasteiger partial charge on any atom is 0.326 e. The van der Waals surface area contributed by atoms with Crippen molar-refractivity contribution < 1.29 is 24.6 Å². The van der Waals surface area contributed by atoms with Crippen LogP contribution in [0.1, 0.15) is 34.5 Å². The molecule has 0 unspecified atom stereocenters. The number of nitrogens with one attached hydrogen (secondary N) is 1. The third-order valence-corrected chi connectivity index (χ3v) is 5.02. The molecular weight excluding hydrogens is 444 g/mol. The summed E-state index contributed by atoms with van der Waals surface area (Å²) in [6, 6.07) is 3.61. The molecule has 13 heteroatoms. The standard InChI is InChI=1S/C21H24N8O5/c1-10-7-11(19(32)26-13(20(33)34)4-6-15(30)31)3-5-14(10)29(2)9-12-8-24-18-16(25-12)17(22)27-21(23)28-18/h3,5,7-8,13H,4,6,9H2,1-2H3,(H,26,32)(H,30,31)(H,33,34)(H4,22,23,24,27,28)/t13-/m0/s1. The lowest BCUT2D eigenvalue weighted by Gasteiger charge is -2.22. The third kappa shape index (κ3) is 5.62. The Hall–Kier alpha value is -4.55. The van der Waals surface area contributed by atoms with Gasteiger partial charge < -0.3 is 31.9 Å². The van der Waals surface area contributed by atoms with Crippen LogP contribution < -0.4 is 21.7 Å². The lowest BCUT2D eigenvalue weighted by Crippen LogP contribution is -2.41. The number of anilines is 3. The van der Waals surface area contributed by atoms with Gasteiger partial charge in [-0.3, -0.25) is 9.59 Å². The van der Waals surface area contributed by atoms with E-state index in [4.69, 9.17) is 16.6 Å². The minimum absolute atomic E-state index is 0.0143. The van der Waals surface area contributed by atoms with Gasteiger partial charge in [0.05, 0.1) is 18.4 Å². The van der Waals surface area contributed by atoms with E-state index in [1.54, 1.807) is 24.4 Å². The molecule has 34 heavy (non-hydrogen) atoms. The zero-order valence-electron chi connectivity index (χ0n) is 18.5. The van der Waals surface area contributed by atoms with Gasteiger partial charge >= 0.3 is 11.9 Å². The second kappa shape index (κ2) is 9.94. The Bertz CT molecular complexity index is 1270. The Morgan fingerprint density at radius 2 is 1.88 bits per heavy atom. The van der Waals surface area contributed by atoms with Gasteiger partial charge in [0.15, 0.2) is 17.0 Å². The van der Waals surface area contributed by atoms with Gasteiger partial charge in [0.1, 0.15) is 6.04 Å². The summed E-state index contributed by atoms with van der Waals surface area (Å²) in [5.74, 6) is -2.90. The number of carbonyl (C=O) groups is 3. The molecule has 0 aliphatic rings. The molecule has 0 saturated carbocycles. The molecule has 1 amide bonds. The molecule has 0 aliphatic heterocycles. The Balaban J connectivity index is 1.74. The first kappa shape index (κ1) is 24.1. The highest BCUT2D eigenvalue weighted by molar-refractivity contribution is 5.97. The Kier molecular flexibility index (Phi) is 7.04. The number of nitrogens with two attached hydrogens (primary N) is 2. The fraction of sp³-hybridized carbons (Fsp3) is 0.286. The summed E-state index contributed by atoms with van der Waals surface area (Å²) in [6.45, 7) is 2.18. The molecule has 3 aromatic rings. The lowest BCUT2D eigenvalue weighted by atomic mass is 10.1. The monoisotopic (exact) mass is 468 g/mol. The first-order valence-corrected chi connectivity index (χ1v) is 10.2. The predicted molar refractivity (Wildman–Crippen MR) is 123 cm³/mol. The maximum absolute atomic E-state index is 12.5. The van der Waals surface area contributed by atoms with E-state index in [0.717, 1.165) is 11.3 Å². The zero-order chi connectivity index (χ0) is 25.0. The van der Waals surface area contributed by atoms with Crippen LogP contribution in [0.3, 0.4) is 0 Å². The number of nitrogens with zero attached hydrogens (tertiary/aromatic N) is 5. The van der Waals surface area contributed by atoms with Crippen molar-refractivity contribution in [3.8, 4) is 0 Å². The van der Waals surface area contributed by atoms with Gasteiger partial charge in [-0.1, -0.05) is 0 Å². The molecule has 178 valence electrons. The molecular formula is C21H24N8O5. The Morgan fingerprint density at radius 3 is 2.53 bits per heavy atom. The van der Waals surface area contributed by atoms with Crippen molar-refractivity contribution in [2.45, 2.75) is 32.4 Å². The number of aromatic nitrogens is 4. The van der Waals surface area contributed by atoms with Crippen LogP contribution in [-0.4, -0.2) is 61.1 Å². The van der Waals surface area contributed by atoms with E-state index >= 15 is 0 Å². The average Bonchev–Trinajstić information content (AvgIpc) is 2.76. The van der Waals surface area contributed by atoms with E-state index < -0.39 is 23.9 Å². The Labute approximate surface area is 193 Å². The number of hydrogen-bond donors (Lipinski definition) is 5. The van der Waals surface area contributed by atoms with Crippen LogP contribution in [0.4, 0.5) is 17.5 Å². The summed E-state index contributed by atoms with van der Waals surface area (Å²) in [6.07, 6.45) is 0.971. The van der Waals surface area contributed by atoms with E-state index in [1.165, 1.54) is 0 Å². The minimum Gasteiger partial charge on any atom is -0.481 e. The highest BCUT2D eigenvalue weighted by atomic mass is 16.4. The van der Waals surface area contributed by atoms with Crippen LogP contribution in [0.2, 0.25) is 0 Å². The molecule has 0 aliphatic carbocycles. The van der Waals surface area contributed by atoms with Crippen molar-refractivity contribution >= 4 is 46.5 Å². The van der Waals surface area contributed by atoms with Crippen LogP contribution in [0.25, 0.3) is 11.2 Å². The van der Waals surface area contributed by atoms with E-state index in [2.05, 4.69) is 25.3 Å². The summed E-state index contributed by atoms with van der Waals surface area (Å²) in [4.78, 5) is 53.1.